The predicted molar refractivity (Wildman–Crippen MR) is 75.3 cm³/mol. The van der Waals surface area contributed by atoms with Crippen LogP contribution in [0.2, 0.25) is 0 Å². The minimum atomic E-state index is -3.81. The van der Waals surface area contributed by atoms with E-state index in [9.17, 15) is 8.42 Å². The highest BCUT2D eigenvalue weighted by Gasteiger charge is 2.15. The first kappa shape index (κ1) is 14.3. The van der Waals surface area contributed by atoms with Crippen molar-refractivity contribution in [3.63, 3.8) is 0 Å². The summed E-state index contributed by atoms with van der Waals surface area (Å²) in [5.41, 5.74) is 7.11. The normalized spacial score (nSPS) is 11.6. The van der Waals surface area contributed by atoms with E-state index in [1.54, 1.807) is 31.0 Å². The maximum absolute atomic E-state index is 11.5. The van der Waals surface area contributed by atoms with Crippen molar-refractivity contribution in [2.24, 2.45) is 12.2 Å². The van der Waals surface area contributed by atoms with Crippen molar-refractivity contribution in [2.45, 2.75) is 18.4 Å². The number of hydrogen-bond acceptors (Lipinski definition) is 6. The number of nitrogens with zero attached hydrogens (tertiary/aromatic N) is 3. The number of anilines is 2. The summed E-state index contributed by atoms with van der Waals surface area (Å²) in [5.74, 6) is 0.589. The molecule has 0 fully saturated rings. The molecule has 0 aliphatic rings. The van der Waals surface area contributed by atoms with Gasteiger partial charge in [-0.2, -0.15) is 5.10 Å². The molecule has 108 valence electrons. The molecule has 0 aliphatic carbocycles. The molecule has 0 atom stereocenters. The van der Waals surface area contributed by atoms with Crippen LogP contribution in [0.5, 0.6) is 0 Å². The maximum Gasteiger partial charge on any atom is 0.238 e. The van der Waals surface area contributed by atoms with Crippen molar-refractivity contribution in [3.05, 3.63) is 29.8 Å². The Morgan fingerprint density at radius 2 is 2.10 bits per heavy atom. The molecule has 20 heavy (non-hydrogen) atoms. The number of aromatic nitrogens is 3. The lowest BCUT2D eigenvalue weighted by Crippen LogP contribution is -2.15. The third kappa shape index (κ3) is 3.06. The zero-order valence-corrected chi connectivity index (χ0v) is 12.0. The summed E-state index contributed by atoms with van der Waals surface area (Å²) in [7, 11) is -2.05. The molecule has 0 aliphatic heterocycles. The van der Waals surface area contributed by atoms with Gasteiger partial charge in [0.2, 0.25) is 10.0 Å². The second-order valence-corrected chi connectivity index (χ2v) is 5.95. The molecule has 0 saturated heterocycles. The quantitative estimate of drug-likeness (QED) is 0.679. The zero-order valence-electron chi connectivity index (χ0n) is 11.2. The molecule has 8 nitrogen and oxygen atoms in total. The maximum atomic E-state index is 11.5. The topological polar surface area (TPSA) is 129 Å². The number of nitrogens with one attached hydrogen (secondary N) is 1. The number of aryl methyl sites for hydroxylation is 1. The van der Waals surface area contributed by atoms with Gasteiger partial charge in [-0.3, -0.25) is 4.68 Å². The average molecular weight is 296 g/mol. The van der Waals surface area contributed by atoms with Crippen LogP contribution < -0.4 is 16.2 Å². The van der Waals surface area contributed by atoms with Crippen molar-refractivity contribution in [1.29, 1.82) is 0 Å². The first-order chi connectivity index (χ1) is 9.27. The number of sulfonamides is 1. The second-order valence-electron chi connectivity index (χ2n) is 4.42. The Morgan fingerprint density at radius 1 is 1.40 bits per heavy atom. The van der Waals surface area contributed by atoms with Crippen LogP contribution >= 0.6 is 0 Å². The lowest BCUT2D eigenvalue weighted by atomic mass is 10.2. The Balaban J connectivity index is 2.30. The fourth-order valence-electron chi connectivity index (χ4n) is 1.83. The van der Waals surface area contributed by atoms with Crippen LogP contribution in [0.3, 0.4) is 0 Å². The fourth-order valence-corrected chi connectivity index (χ4v) is 2.66. The Labute approximate surface area is 116 Å². The van der Waals surface area contributed by atoms with Gasteiger partial charge in [-0.05, 0) is 24.6 Å². The zero-order chi connectivity index (χ0) is 14.9. The molecule has 9 heteroatoms. The smallest absolute Gasteiger partial charge is 0.238 e. The van der Waals surface area contributed by atoms with E-state index in [2.05, 4.69) is 15.4 Å². The van der Waals surface area contributed by atoms with Crippen LogP contribution in [-0.4, -0.2) is 23.2 Å². The van der Waals surface area contributed by atoms with Crippen molar-refractivity contribution in [1.82, 2.24) is 14.8 Å². The third-order valence-electron chi connectivity index (χ3n) is 2.77. The van der Waals surface area contributed by atoms with E-state index in [1.807, 2.05) is 0 Å². The molecule has 2 aromatic rings. The van der Waals surface area contributed by atoms with E-state index in [4.69, 9.17) is 10.9 Å². The van der Waals surface area contributed by atoms with E-state index < -0.39 is 10.0 Å². The standard InChI is InChI=1S/C11H16N6O2S/c1-7-9(14-5-11-15-6-17(2)16-11)3-8(12)4-10(7)20(13,18)19/h3-4,6,14H,5,12H2,1-2H3,(H2,13,18,19). The SMILES string of the molecule is Cc1c(NCc2ncn(C)n2)cc(N)cc1S(N)(=O)=O. The Hall–Kier alpha value is -2.13. The summed E-state index contributed by atoms with van der Waals surface area (Å²) in [6, 6.07) is 2.99. The van der Waals surface area contributed by atoms with Crippen LogP contribution in [-0.2, 0) is 23.6 Å². The average Bonchev–Trinajstić information content (AvgIpc) is 2.74. The molecule has 0 radical (unpaired) electrons. The summed E-state index contributed by atoms with van der Waals surface area (Å²) >= 11 is 0. The first-order valence-corrected chi connectivity index (χ1v) is 7.33. The van der Waals surface area contributed by atoms with Gasteiger partial charge in [-0.1, -0.05) is 0 Å². The van der Waals surface area contributed by atoms with Crippen molar-refractivity contribution >= 4 is 21.4 Å². The van der Waals surface area contributed by atoms with Gasteiger partial charge < -0.3 is 11.1 Å². The largest absolute Gasteiger partial charge is 0.399 e. The van der Waals surface area contributed by atoms with Crippen LogP contribution in [0, 0.1) is 6.92 Å². The minimum Gasteiger partial charge on any atom is -0.399 e. The lowest BCUT2D eigenvalue weighted by Gasteiger charge is -2.12. The summed E-state index contributed by atoms with van der Waals surface area (Å²) < 4.78 is 24.6. The van der Waals surface area contributed by atoms with Crippen LogP contribution in [0.4, 0.5) is 11.4 Å². The highest BCUT2D eigenvalue weighted by atomic mass is 32.2. The molecule has 2 rings (SSSR count). The van der Waals surface area contributed by atoms with Gasteiger partial charge in [-0.15, -0.1) is 0 Å². The predicted octanol–water partition coefficient (Wildman–Crippen LogP) is -0.0348. The molecule has 1 heterocycles. The van der Waals surface area contributed by atoms with Crippen LogP contribution in [0.1, 0.15) is 11.4 Å². The Kier molecular flexibility index (Phi) is 3.64. The third-order valence-corrected chi connectivity index (χ3v) is 3.81. The van der Waals surface area contributed by atoms with Crippen molar-refractivity contribution in [2.75, 3.05) is 11.1 Å². The fraction of sp³-hybridized carbons (Fsp3) is 0.273. The first-order valence-electron chi connectivity index (χ1n) is 5.78. The Morgan fingerprint density at radius 3 is 2.65 bits per heavy atom. The van der Waals surface area contributed by atoms with Crippen molar-refractivity contribution < 1.29 is 8.42 Å². The highest BCUT2D eigenvalue weighted by molar-refractivity contribution is 7.89. The monoisotopic (exact) mass is 296 g/mol. The molecule has 0 unspecified atom stereocenters. The summed E-state index contributed by atoms with van der Waals surface area (Å²) in [6.45, 7) is 2.02. The van der Waals surface area contributed by atoms with E-state index in [0.29, 0.717) is 29.3 Å². The van der Waals surface area contributed by atoms with Gasteiger partial charge in [0.25, 0.3) is 0 Å². The summed E-state index contributed by atoms with van der Waals surface area (Å²) in [6.07, 6.45) is 1.58. The molecule has 5 N–H and O–H groups in total. The van der Waals surface area contributed by atoms with Gasteiger partial charge in [0.1, 0.15) is 6.33 Å². The van der Waals surface area contributed by atoms with E-state index >= 15 is 0 Å². The van der Waals surface area contributed by atoms with Gasteiger partial charge in [-0.25, -0.2) is 18.5 Å². The molecule has 1 aromatic heterocycles. The number of nitrogens with two attached hydrogens (primary N) is 2. The number of nitrogen functional groups attached to an aromatic ring is 1. The molecular weight excluding hydrogens is 280 g/mol. The van der Waals surface area contributed by atoms with E-state index in [1.165, 1.54) is 6.07 Å². The molecule has 0 saturated carbocycles. The molecule has 1 aromatic carbocycles. The summed E-state index contributed by atoms with van der Waals surface area (Å²) in [4.78, 5) is 4.08. The van der Waals surface area contributed by atoms with Gasteiger partial charge >= 0.3 is 0 Å². The number of hydrogen-bond donors (Lipinski definition) is 3. The second kappa shape index (κ2) is 5.10. The number of primary sulfonamides is 1. The molecule has 0 amide bonds. The molecular formula is C11H16N6O2S. The van der Waals surface area contributed by atoms with Crippen LogP contribution in [0.25, 0.3) is 0 Å². The highest BCUT2D eigenvalue weighted by Crippen LogP contribution is 2.26. The van der Waals surface area contributed by atoms with Crippen LogP contribution in [0.15, 0.2) is 23.4 Å². The number of benzene rings is 1. The van der Waals surface area contributed by atoms with Gasteiger partial charge in [0.15, 0.2) is 5.82 Å². The molecule has 0 bridgehead atoms. The van der Waals surface area contributed by atoms with E-state index in [-0.39, 0.29) is 4.90 Å². The van der Waals surface area contributed by atoms with Gasteiger partial charge in [0, 0.05) is 18.4 Å². The molecule has 0 spiro atoms. The lowest BCUT2D eigenvalue weighted by molar-refractivity contribution is 0.597. The number of rotatable bonds is 4. The summed E-state index contributed by atoms with van der Waals surface area (Å²) in [5, 5.41) is 12.3. The minimum absolute atomic E-state index is 0.00831. The van der Waals surface area contributed by atoms with Crippen molar-refractivity contribution in [3.8, 4) is 0 Å². The van der Waals surface area contributed by atoms with E-state index in [0.717, 1.165) is 0 Å². The Bertz CT molecular complexity index is 737. The van der Waals surface area contributed by atoms with Gasteiger partial charge in [0.05, 0.1) is 11.4 Å².